The first-order valence-corrected chi connectivity index (χ1v) is 18.9. The first-order chi connectivity index (χ1) is 23.6. The molecule has 2 fully saturated rings. The molecule has 1 aliphatic heterocycles. The molecule has 270 valence electrons. The van der Waals surface area contributed by atoms with Crippen molar-refractivity contribution in [3.63, 3.8) is 0 Å². The number of hydrogen-bond donors (Lipinski definition) is 4. The van der Waals surface area contributed by atoms with Gasteiger partial charge in [0.25, 0.3) is 0 Å². The molecule has 4 unspecified atom stereocenters. The lowest BCUT2D eigenvalue weighted by molar-refractivity contribution is -0.140. The number of carbonyl (C=O) groups excluding carboxylic acids is 4. The van der Waals surface area contributed by atoms with Crippen LogP contribution < -0.4 is 16.0 Å². The summed E-state index contributed by atoms with van der Waals surface area (Å²) >= 11 is 1.41. The van der Waals surface area contributed by atoms with E-state index in [0.717, 1.165) is 31.2 Å². The normalized spacial score (nSPS) is 18.6. The van der Waals surface area contributed by atoms with Crippen molar-refractivity contribution in [3.05, 3.63) is 52.5 Å². The van der Waals surface area contributed by atoms with Gasteiger partial charge in [0.1, 0.15) is 6.04 Å². The topological polar surface area (TPSA) is 150 Å². The molecule has 1 aromatic carbocycles. The van der Waals surface area contributed by atoms with Crippen LogP contribution in [0.15, 0.2) is 41.2 Å². The predicted octanol–water partition coefficient (Wildman–Crippen LogP) is 3.50. The summed E-state index contributed by atoms with van der Waals surface area (Å²) in [6, 6.07) is 7.99. The van der Waals surface area contributed by atoms with Gasteiger partial charge in [-0.25, -0.2) is 4.98 Å². The molecule has 0 spiro atoms. The summed E-state index contributed by atoms with van der Waals surface area (Å²) in [5.41, 5.74) is 3.27. The van der Waals surface area contributed by atoms with Crippen LogP contribution in [-0.2, 0) is 36.8 Å². The van der Waals surface area contributed by atoms with Gasteiger partial charge in [0.15, 0.2) is 0 Å². The van der Waals surface area contributed by atoms with E-state index >= 15 is 0 Å². The molecule has 0 radical (unpaired) electrons. The highest BCUT2D eigenvalue weighted by Gasteiger charge is 2.35. The molecule has 1 saturated heterocycles. The number of nitrogens with one attached hydrogen (secondary N) is 3. The lowest BCUT2D eigenvalue weighted by atomic mass is 9.81. The molecule has 4 rings (SSSR count). The van der Waals surface area contributed by atoms with Crippen molar-refractivity contribution < 1.29 is 29.0 Å². The van der Waals surface area contributed by atoms with Crippen LogP contribution in [-0.4, -0.2) is 90.2 Å². The van der Waals surface area contributed by atoms with Crippen molar-refractivity contribution in [2.45, 2.75) is 96.2 Å². The van der Waals surface area contributed by atoms with Gasteiger partial charge in [0, 0.05) is 44.3 Å². The molecule has 5 atom stereocenters. The zero-order chi connectivity index (χ0) is 35.2. The number of benzene rings is 1. The fourth-order valence-corrected chi connectivity index (χ4v) is 7.60. The maximum Gasteiger partial charge on any atom is 0.243 e. The van der Waals surface area contributed by atoms with Gasteiger partial charge >= 0.3 is 0 Å². The number of ether oxygens (including phenoxy) is 1. The summed E-state index contributed by atoms with van der Waals surface area (Å²) in [6.07, 6.45) is 5.82. The molecule has 0 bridgehead atoms. The molecular weight excluding hydrogens is 643 g/mol. The average Bonchev–Trinajstić information content (AvgIpc) is 3.63. The minimum atomic E-state index is -0.979. The number of aromatic nitrogens is 1. The van der Waals surface area contributed by atoms with E-state index in [2.05, 4.69) is 20.9 Å². The van der Waals surface area contributed by atoms with Crippen molar-refractivity contribution in [1.29, 1.82) is 0 Å². The Balaban J connectivity index is 1.55. The second kappa shape index (κ2) is 19.7. The molecule has 1 saturated carbocycles. The third-order valence-corrected chi connectivity index (χ3v) is 10.6. The van der Waals surface area contributed by atoms with Crippen LogP contribution in [0.1, 0.15) is 76.5 Å². The van der Waals surface area contributed by atoms with Crippen molar-refractivity contribution >= 4 is 35.0 Å². The number of amides is 4. The summed E-state index contributed by atoms with van der Waals surface area (Å²) < 4.78 is 5.41. The number of nitrogens with zero attached hydrogens (tertiary/aromatic N) is 2. The Morgan fingerprint density at radius 2 is 1.69 bits per heavy atom. The van der Waals surface area contributed by atoms with Gasteiger partial charge in [-0.05, 0) is 36.7 Å². The number of aliphatic hydroxyl groups excluding tert-OH is 1. The molecule has 4 N–H and O–H groups in total. The first-order valence-electron chi connectivity index (χ1n) is 17.9. The predicted molar refractivity (Wildman–Crippen MR) is 190 cm³/mol. The Morgan fingerprint density at radius 1 is 0.980 bits per heavy atom. The van der Waals surface area contributed by atoms with Gasteiger partial charge in [-0.15, -0.1) is 11.3 Å². The van der Waals surface area contributed by atoms with E-state index in [1.165, 1.54) is 17.8 Å². The Bertz CT molecular complexity index is 1310. The molecule has 2 heterocycles. The highest BCUT2D eigenvalue weighted by atomic mass is 32.1. The SMILES string of the molecule is CNC(=O)C(CC(O)C(CC1CCCCC1)NC(=O)[C@H](Cc1cscn1)NC(=O)C(CC(=O)N1CCOCC1)Cc1ccccc1)C(C)C. The monoisotopic (exact) mass is 697 g/mol. The van der Waals surface area contributed by atoms with E-state index in [1.807, 2.05) is 49.6 Å². The Labute approximate surface area is 295 Å². The third kappa shape index (κ3) is 12.2. The van der Waals surface area contributed by atoms with Gasteiger partial charge in [-0.1, -0.05) is 76.3 Å². The fourth-order valence-electron chi connectivity index (χ4n) is 7.02. The minimum Gasteiger partial charge on any atom is -0.391 e. The van der Waals surface area contributed by atoms with Crippen LogP contribution in [0.4, 0.5) is 0 Å². The van der Waals surface area contributed by atoms with Crippen LogP contribution in [0.2, 0.25) is 0 Å². The summed E-state index contributed by atoms with van der Waals surface area (Å²) in [4.78, 5) is 60.4. The summed E-state index contributed by atoms with van der Waals surface area (Å²) in [6.45, 7) is 5.80. The number of aliphatic hydroxyl groups is 1. The molecule has 1 aliphatic carbocycles. The second-order valence-corrected chi connectivity index (χ2v) is 14.7. The molecule has 1 aromatic heterocycles. The molecule has 2 aromatic rings. The molecule has 2 aliphatic rings. The highest BCUT2D eigenvalue weighted by molar-refractivity contribution is 7.07. The number of carbonyl (C=O) groups is 4. The van der Waals surface area contributed by atoms with Gasteiger partial charge in [0.2, 0.25) is 23.6 Å². The highest BCUT2D eigenvalue weighted by Crippen LogP contribution is 2.30. The maximum absolute atomic E-state index is 14.2. The van der Waals surface area contributed by atoms with E-state index in [1.54, 1.807) is 17.5 Å². The largest absolute Gasteiger partial charge is 0.391 e. The van der Waals surface area contributed by atoms with E-state index < -0.39 is 35.9 Å². The second-order valence-electron chi connectivity index (χ2n) is 14.0. The van der Waals surface area contributed by atoms with Gasteiger partial charge < -0.3 is 30.7 Å². The standard InChI is InChI=1S/C37H55N5O6S/c1-25(2)30(36(46)38-3)22-33(43)31(19-27-12-8-5-9-13-27)40-37(47)32(21-29-23-49-24-39-29)41-35(45)28(18-26-10-6-4-7-11-26)20-34(44)42-14-16-48-17-15-42/h4,6-7,10-11,23-25,27-28,30-33,43H,5,8-9,12-22H2,1-3H3,(H,38,46)(H,40,47)(H,41,45)/t28?,30?,31?,32-,33?/m0/s1. The van der Waals surface area contributed by atoms with Crippen molar-refractivity contribution in [2.24, 2.45) is 23.7 Å². The van der Waals surface area contributed by atoms with Gasteiger partial charge in [-0.3, -0.25) is 19.2 Å². The zero-order valence-electron chi connectivity index (χ0n) is 29.3. The Kier molecular flexibility index (Phi) is 15.5. The maximum atomic E-state index is 14.2. The van der Waals surface area contributed by atoms with Gasteiger partial charge in [-0.2, -0.15) is 0 Å². The summed E-state index contributed by atoms with van der Waals surface area (Å²) in [5.74, 6) is -1.83. The number of morpholine rings is 1. The van der Waals surface area contributed by atoms with E-state index in [9.17, 15) is 24.3 Å². The van der Waals surface area contributed by atoms with E-state index in [-0.39, 0.29) is 42.9 Å². The molecule has 12 heteroatoms. The summed E-state index contributed by atoms with van der Waals surface area (Å²) in [7, 11) is 1.59. The summed E-state index contributed by atoms with van der Waals surface area (Å²) in [5, 5.41) is 22.3. The molecule has 11 nitrogen and oxygen atoms in total. The van der Waals surface area contributed by atoms with Crippen molar-refractivity contribution in [2.75, 3.05) is 33.4 Å². The lowest BCUT2D eigenvalue weighted by Crippen LogP contribution is -2.55. The fraction of sp³-hybridized carbons (Fsp3) is 0.649. The van der Waals surface area contributed by atoms with Crippen molar-refractivity contribution in [1.82, 2.24) is 25.8 Å². The number of thiazole rings is 1. The van der Waals surface area contributed by atoms with Crippen LogP contribution in [0.5, 0.6) is 0 Å². The number of hydrogen-bond acceptors (Lipinski definition) is 8. The van der Waals surface area contributed by atoms with Gasteiger partial charge in [0.05, 0.1) is 42.5 Å². The smallest absolute Gasteiger partial charge is 0.243 e. The number of rotatable bonds is 17. The average molecular weight is 698 g/mol. The quantitative estimate of drug-likeness (QED) is 0.198. The molecular formula is C37H55N5O6S. The Morgan fingerprint density at radius 3 is 2.33 bits per heavy atom. The van der Waals surface area contributed by atoms with Crippen LogP contribution in [0.3, 0.4) is 0 Å². The third-order valence-electron chi connectivity index (χ3n) is 10.00. The van der Waals surface area contributed by atoms with Crippen LogP contribution >= 0.6 is 11.3 Å². The molecule has 4 amide bonds. The lowest BCUT2D eigenvalue weighted by Gasteiger charge is -2.33. The first kappa shape index (κ1) is 38.5. The van der Waals surface area contributed by atoms with Crippen molar-refractivity contribution in [3.8, 4) is 0 Å². The van der Waals surface area contributed by atoms with E-state index in [4.69, 9.17) is 4.74 Å². The van der Waals surface area contributed by atoms with Crippen LogP contribution in [0.25, 0.3) is 0 Å². The van der Waals surface area contributed by atoms with Crippen LogP contribution in [0, 0.1) is 23.7 Å². The molecule has 49 heavy (non-hydrogen) atoms. The Hall–Kier alpha value is -3.35. The van der Waals surface area contributed by atoms with E-state index in [0.29, 0.717) is 50.8 Å². The minimum absolute atomic E-state index is 0.000875. The zero-order valence-corrected chi connectivity index (χ0v) is 30.1.